The molecular formula is C9H14N2O3. The minimum absolute atomic E-state index is 0.0000231. The van der Waals surface area contributed by atoms with Crippen molar-refractivity contribution in [3.05, 3.63) is 12.2 Å². The molecule has 0 aromatic heterocycles. The first-order valence-corrected chi connectivity index (χ1v) is 4.60. The van der Waals surface area contributed by atoms with E-state index in [2.05, 4.69) is 10.6 Å². The number of nitrogens with one attached hydrogen (secondary N) is 2. The Labute approximate surface area is 82.2 Å². The molecule has 1 fully saturated rings. The van der Waals surface area contributed by atoms with Crippen LogP contribution in [0, 0.1) is 0 Å². The van der Waals surface area contributed by atoms with Gasteiger partial charge in [-0.1, -0.05) is 6.08 Å². The highest BCUT2D eigenvalue weighted by Crippen LogP contribution is 2.01. The number of rotatable bonds is 4. The van der Waals surface area contributed by atoms with E-state index in [-0.39, 0.29) is 11.9 Å². The molecule has 0 radical (unpaired) electrons. The van der Waals surface area contributed by atoms with Gasteiger partial charge in [-0.15, -0.1) is 0 Å². The van der Waals surface area contributed by atoms with Gasteiger partial charge in [0.05, 0.1) is 6.04 Å². The van der Waals surface area contributed by atoms with Crippen LogP contribution in [-0.4, -0.2) is 36.1 Å². The number of piperidine rings is 1. The number of carboxylic acids is 1. The summed E-state index contributed by atoms with van der Waals surface area (Å²) in [4.78, 5) is 21.3. The lowest BCUT2D eigenvalue weighted by Crippen LogP contribution is -2.48. The van der Waals surface area contributed by atoms with Crippen LogP contribution in [0.25, 0.3) is 0 Å². The quantitative estimate of drug-likeness (QED) is 0.532. The first-order valence-electron chi connectivity index (χ1n) is 4.60. The van der Waals surface area contributed by atoms with E-state index >= 15 is 0 Å². The summed E-state index contributed by atoms with van der Waals surface area (Å²) >= 11 is 0. The number of carbonyl (C=O) groups is 2. The van der Waals surface area contributed by atoms with Crippen LogP contribution in [0.15, 0.2) is 12.2 Å². The molecule has 0 aromatic carbocycles. The van der Waals surface area contributed by atoms with Crippen molar-refractivity contribution < 1.29 is 14.7 Å². The lowest BCUT2D eigenvalue weighted by molar-refractivity contribution is -0.131. The maximum atomic E-state index is 11.2. The van der Waals surface area contributed by atoms with Crippen LogP contribution < -0.4 is 10.6 Å². The fraction of sp³-hybridized carbons (Fsp3) is 0.556. The maximum Gasteiger partial charge on any atom is 0.328 e. The van der Waals surface area contributed by atoms with Gasteiger partial charge in [0.25, 0.3) is 0 Å². The molecule has 1 rings (SSSR count). The van der Waals surface area contributed by atoms with Gasteiger partial charge >= 0.3 is 5.97 Å². The summed E-state index contributed by atoms with van der Waals surface area (Å²) in [5, 5.41) is 14.0. The second-order valence-corrected chi connectivity index (χ2v) is 3.13. The van der Waals surface area contributed by atoms with Crippen LogP contribution in [0.5, 0.6) is 0 Å². The second-order valence-electron chi connectivity index (χ2n) is 3.13. The molecule has 1 saturated heterocycles. The number of hydrogen-bond donors (Lipinski definition) is 3. The Morgan fingerprint density at radius 2 is 2.50 bits per heavy atom. The Kier molecular flexibility index (Phi) is 4.12. The van der Waals surface area contributed by atoms with Gasteiger partial charge in [0.15, 0.2) is 0 Å². The van der Waals surface area contributed by atoms with Crippen LogP contribution in [0.4, 0.5) is 0 Å². The molecule has 14 heavy (non-hydrogen) atoms. The lowest BCUT2D eigenvalue weighted by atomic mass is 10.1. The third-order valence-corrected chi connectivity index (χ3v) is 2.03. The van der Waals surface area contributed by atoms with Gasteiger partial charge in [-0.3, -0.25) is 4.79 Å². The smallest absolute Gasteiger partial charge is 0.328 e. The third kappa shape index (κ3) is 3.57. The zero-order valence-corrected chi connectivity index (χ0v) is 7.82. The second kappa shape index (κ2) is 5.39. The zero-order valence-electron chi connectivity index (χ0n) is 7.82. The molecule has 5 heteroatoms. The fourth-order valence-corrected chi connectivity index (χ4v) is 1.34. The van der Waals surface area contributed by atoms with Crippen LogP contribution >= 0.6 is 0 Å². The summed E-state index contributed by atoms with van der Waals surface area (Å²) in [6.45, 7) is 1.15. The Hall–Kier alpha value is -1.36. The molecule has 0 saturated carbocycles. The molecule has 78 valence electrons. The number of aliphatic carboxylic acids is 1. The summed E-state index contributed by atoms with van der Waals surface area (Å²) < 4.78 is 0. The van der Waals surface area contributed by atoms with Gasteiger partial charge in [-0.25, -0.2) is 4.79 Å². The van der Waals surface area contributed by atoms with E-state index in [0.29, 0.717) is 6.54 Å². The van der Waals surface area contributed by atoms with Crippen molar-refractivity contribution in [3.63, 3.8) is 0 Å². The molecule has 1 atom stereocenters. The fourth-order valence-electron chi connectivity index (χ4n) is 1.34. The van der Waals surface area contributed by atoms with Crippen molar-refractivity contribution in [3.8, 4) is 0 Å². The average Bonchev–Trinajstić information content (AvgIpc) is 2.15. The van der Waals surface area contributed by atoms with E-state index in [0.717, 1.165) is 25.5 Å². The molecule has 1 aliphatic heterocycles. The Bertz CT molecular complexity index is 250. The molecule has 1 unspecified atom stereocenters. The molecule has 5 nitrogen and oxygen atoms in total. The van der Waals surface area contributed by atoms with Gasteiger partial charge in [-0.2, -0.15) is 0 Å². The molecule has 1 heterocycles. The summed E-state index contributed by atoms with van der Waals surface area (Å²) in [5.41, 5.74) is 0. The van der Waals surface area contributed by atoms with E-state index in [1.807, 2.05) is 0 Å². The molecule has 0 spiro atoms. The van der Waals surface area contributed by atoms with Crippen molar-refractivity contribution in [1.29, 1.82) is 0 Å². The van der Waals surface area contributed by atoms with Crippen molar-refractivity contribution in [2.24, 2.45) is 0 Å². The van der Waals surface area contributed by atoms with Gasteiger partial charge in [0.2, 0.25) is 5.91 Å². The van der Waals surface area contributed by atoms with Crippen molar-refractivity contribution in [2.75, 3.05) is 13.1 Å². The highest BCUT2D eigenvalue weighted by Gasteiger charge is 2.20. The molecular weight excluding hydrogens is 184 g/mol. The summed E-state index contributed by atoms with van der Waals surface area (Å²) in [7, 11) is 0. The first-order chi connectivity index (χ1) is 6.70. The van der Waals surface area contributed by atoms with Crippen LogP contribution in [0.3, 0.4) is 0 Å². The average molecular weight is 198 g/mol. The molecule has 0 bridgehead atoms. The van der Waals surface area contributed by atoms with Gasteiger partial charge in [-0.05, 0) is 12.8 Å². The maximum absolute atomic E-state index is 11.2. The predicted octanol–water partition coefficient (Wildman–Crippen LogP) is -0.505. The van der Waals surface area contributed by atoms with Crippen LogP contribution in [0.1, 0.15) is 12.8 Å². The Morgan fingerprint density at radius 3 is 3.14 bits per heavy atom. The SMILES string of the molecule is O=C(O)/C=C/CNC1CCCNC1=O. The van der Waals surface area contributed by atoms with E-state index < -0.39 is 5.97 Å². The third-order valence-electron chi connectivity index (χ3n) is 2.03. The van der Waals surface area contributed by atoms with Crippen molar-refractivity contribution in [1.82, 2.24) is 10.6 Å². The van der Waals surface area contributed by atoms with Crippen LogP contribution in [0.2, 0.25) is 0 Å². The Morgan fingerprint density at radius 1 is 1.71 bits per heavy atom. The number of hydrogen-bond acceptors (Lipinski definition) is 3. The molecule has 3 N–H and O–H groups in total. The minimum atomic E-state index is -0.972. The zero-order chi connectivity index (χ0) is 10.4. The van der Waals surface area contributed by atoms with E-state index in [4.69, 9.17) is 5.11 Å². The Balaban J connectivity index is 2.23. The minimum Gasteiger partial charge on any atom is -0.478 e. The molecule has 0 aliphatic carbocycles. The summed E-state index contributed by atoms with van der Waals surface area (Å²) in [6, 6.07) is -0.179. The highest BCUT2D eigenvalue weighted by atomic mass is 16.4. The molecule has 1 amide bonds. The van der Waals surface area contributed by atoms with E-state index in [9.17, 15) is 9.59 Å². The van der Waals surface area contributed by atoms with Gasteiger partial charge < -0.3 is 15.7 Å². The van der Waals surface area contributed by atoms with Crippen molar-refractivity contribution in [2.45, 2.75) is 18.9 Å². The first kappa shape index (κ1) is 10.7. The van der Waals surface area contributed by atoms with Crippen molar-refractivity contribution >= 4 is 11.9 Å². The summed E-state index contributed by atoms with van der Waals surface area (Å²) in [5.74, 6) is -0.972. The number of amides is 1. The van der Waals surface area contributed by atoms with Gasteiger partial charge in [0, 0.05) is 19.2 Å². The topological polar surface area (TPSA) is 78.4 Å². The summed E-state index contributed by atoms with van der Waals surface area (Å²) in [6.07, 6.45) is 4.33. The highest BCUT2D eigenvalue weighted by molar-refractivity contribution is 5.82. The van der Waals surface area contributed by atoms with E-state index in [1.165, 1.54) is 6.08 Å². The number of carbonyl (C=O) groups excluding carboxylic acids is 1. The molecule has 1 aliphatic rings. The molecule has 0 aromatic rings. The standard InChI is InChI=1S/C9H14N2O3/c12-8(13)4-2-5-10-7-3-1-6-11-9(7)14/h2,4,7,10H,1,3,5-6H2,(H,11,14)(H,12,13)/b4-2+. The van der Waals surface area contributed by atoms with E-state index in [1.54, 1.807) is 0 Å². The number of carboxylic acid groups (broad SMARTS) is 1. The normalized spacial score (nSPS) is 22.3. The predicted molar refractivity (Wildman–Crippen MR) is 50.8 cm³/mol. The largest absolute Gasteiger partial charge is 0.478 e. The van der Waals surface area contributed by atoms with Gasteiger partial charge in [0.1, 0.15) is 0 Å². The lowest BCUT2D eigenvalue weighted by Gasteiger charge is -2.22. The monoisotopic (exact) mass is 198 g/mol. The van der Waals surface area contributed by atoms with Crippen LogP contribution in [-0.2, 0) is 9.59 Å².